The molecule has 1 unspecified atom stereocenters. The molecule has 8 rings (SSSR count). The standard InChI is InChI=1S/C68H94ClN11O13/c1-9-91-57-43-54(87-8)20-17-52(57)45-80(65(86)93-67(5,6)7)46-59(82)79-28-11-14-51(44-79)49-12-10-13-50(42-49)62(83)71-27-37-89-39-41-90-40-38-88-36-23-58(81)77-34-32-76(33-35-77)29-22-56(48-15-18-53(69)19-16-48)74-63(84)68(75-64(85)92-66(2,3)4)24-30-78(31-25-68)61-55-21-26-70-60(55)72-47-73-61/h10,12-13,15-21,26,42-43,47,51,56H,9,11,14,22-25,27-41,44-46H2,1-8H3,(H,71,83)(H,74,84)(H,75,85)(H,70,72,73)/t51?,56-/m0/s1. The van der Waals surface area contributed by atoms with Crippen molar-refractivity contribution in [3.63, 3.8) is 0 Å². The Morgan fingerprint density at radius 3 is 2.19 bits per heavy atom. The number of fused-ring (bicyclic) bond motifs is 1. The fourth-order valence-corrected chi connectivity index (χ4v) is 11.8. The average molecular weight is 1310 g/mol. The van der Waals surface area contributed by atoms with Crippen molar-refractivity contribution >= 4 is 64.3 Å². The number of alkyl carbamates (subject to hydrolysis) is 1. The first kappa shape index (κ1) is 71.1. The zero-order valence-corrected chi connectivity index (χ0v) is 56.0. The number of hydrogen-bond donors (Lipinski definition) is 4. The number of aromatic amines is 1. The highest BCUT2D eigenvalue weighted by Crippen LogP contribution is 2.33. The van der Waals surface area contributed by atoms with Crippen molar-refractivity contribution in [3.05, 3.63) is 113 Å². The van der Waals surface area contributed by atoms with Crippen molar-refractivity contribution in [3.8, 4) is 11.5 Å². The van der Waals surface area contributed by atoms with Crippen LogP contribution in [0.25, 0.3) is 11.0 Å². The monoisotopic (exact) mass is 1310 g/mol. The van der Waals surface area contributed by atoms with Crippen LogP contribution in [0.15, 0.2) is 85.3 Å². The lowest BCUT2D eigenvalue weighted by Crippen LogP contribution is -2.64. The number of likely N-dealkylation sites (tertiary alicyclic amines) is 1. The summed E-state index contributed by atoms with van der Waals surface area (Å²) in [6.45, 7) is 20.1. The Balaban J connectivity index is 0.697. The summed E-state index contributed by atoms with van der Waals surface area (Å²) in [4.78, 5) is 104. The Morgan fingerprint density at radius 2 is 1.49 bits per heavy atom. The molecule has 0 saturated carbocycles. The molecule has 25 heteroatoms. The van der Waals surface area contributed by atoms with Crippen LogP contribution in [0, 0.1) is 0 Å². The van der Waals surface area contributed by atoms with Crippen LogP contribution < -0.4 is 30.3 Å². The number of anilines is 1. The van der Waals surface area contributed by atoms with Gasteiger partial charge in [-0.15, -0.1) is 0 Å². The molecule has 4 N–H and O–H groups in total. The number of benzene rings is 3. The number of nitrogens with one attached hydrogen (secondary N) is 4. The van der Waals surface area contributed by atoms with Crippen molar-refractivity contribution < 1.29 is 61.9 Å². The SMILES string of the molecule is CCOc1cc(OC)ccc1CN(CC(=O)N1CCCC(c2cccc(C(=O)NCCOCCOCCOCCC(=O)N3CCN(CC[C@H](NC(=O)C4(NC(=O)OC(C)(C)C)CCN(c5ncnc6[nH]ccc56)CC4)c4ccc(Cl)cc4)CC3)c2)C1)C(=O)OC(C)(C)C. The summed E-state index contributed by atoms with van der Waals surface area (Å²) in [5.74, 6) is 1.21. The number of amides is 6. The first-order valence-electron chi connectivity index (χ1n) is 32.4. The van der Waals surface area contributed by atoms with E-state index in [0.717, 1.165) is 40.8 Å². The Labute approximate surface area is 550 Å². The van der Waals surface area contributed by atoms with E-state index in [0.29, 0.717) is 145 Å². The average Bonchev–Trinajstić information content (AvgIpc) is 1.66. The van der Waals surface area contributed by atoms with Gasteiger partial charge in [0.25, 0.3) is 5.91 Å². The van der Waals surface area contributed by atoms with E-state index < -0.39 is 35.0 Å². The molecule has 5 heterocycles. The number of methoxy groups -OCH3 is 1. The highest BCUT2D eigenvalue weighted by Gasteiger charge is 2.45. The Hall–Kier alpha value is -7.77. The van der Waals surface area contributed by atoms with Gasteiger partial charge < -0.3 is 68.8 Å². The number of hydrogen-bond acceptors (Lipinski definition) is 17. The van der Waals surface area contributed by atoms with E-state index in [1.54, 1.807) is 83.9 Å². The molecule has 6 amide bonds. The molecule has 0 aliphatic carbocycles. The van der Waals surface area contributed by atoms with Crippen LogP contribution in [0.4, 0.5) is 15.4 Å². The molecular weight excluding hydrogens is 1210 g/mol. The number of nitrogens with zero attached hydrogens (tertiary/aromatic N) is 7. The molecule has 93 heavy (non-hydrogen) atoms. The molecule has 3 aliphatic rings. The van der Waals surface area contributed by atoms with Crippen LogP contribution in [0.2, 0.25) is 5.02 Å². The molecule has 5 aromatic rings. The molecule has 24 nitrogen and oxygen atoms in total. The van der Waals surface area contributed by atoms with Gasteiger partial charge in [-0.25, -0.2) is 19.6 Å². The zero-order chi connectivity index (χ0) is 66.5. The maximum absolute atomic E-state index is 14.7. The maximum Gasteiger partial charge on any atom is 0.411 e. The third-order valence-corrected chi connectivity index (χ3v) is 16.8. The predicted molar refractivity (Wildman–Crippen MR) is 353 cm³/mol. The minimum atomic E-state index is -1.26. The van der Waals surface area contributed by atoms with Crippen LogP contribution in [0.1, 0.15) is 126 Å². The highest BCUT2D eigenvalue weighted by atomic mass is 35.5. The van der Waals surface area contributed by atoms with Gasteiger partial charge in [-0.2, -0.15) is 0 Å². The van der Waals surface area contributed by atoms with Gasteiger partial charge in [0, 0.05) is 99.8 Å². The van der Waals surface area contributed by atoms with E-state index in [-0.39, 0.29) is 62.3 Å². The number of piperazine rings is 1. The summed E-state index contributed by atoms with van der Waals surface area (Å²) in [5.41, 5.74) is 0.974. The number of halogens is 1. The molecule has 0 spiro atoms. The zero-order valence-electron chi connectivity index (χ0n) is 55.2. The van der Waals surface area contributed by atoms with Crippen LogP contribution in [-0.4, -0.2) is 212 Å². The van der Waals surface area contributed by atoms with Crippen LogP contribution in [0.3, 0.4) is 0 Å². The summed E-state index contributed by atoms with van der Waals surface area (Å²) in [5, 5.41) is 10.7. The Morgan fingerprint density at radius 1 is 0.785 bits per heavy atom. The molecule has 0 bridgehead atoms. The summed E-state index contributed by atoms with van der Waals surface area (Å²) >= 11 is 6.32. The van der Waals surface area contributed by atoms with Crippen LogP contribution >= 0.6 is 11.6 Å². The van der Waals surface area contributed by atoms with E-state index in [9.17, 15) is 28.8 Å². The third kappa shape index (κ3) is 21.4. The molecular formula is C68H94ClN11O13. The first-order chi connectivity index (χ1) is 44.6. The molecule has 3 saturated heterocycles. The van der Waals surface area contributed by atoms with Gasteiger partial charge in [0.05, 0.1) is 77.8 Å². The molecule has 3 aliphatic heterocycles. The van der Waals surface area contributed by atoms with Gasteiger partial charge in [-0.05, 0) is 134 Å². The van der Waals surface area contributed by atoms with Gasteiger partial charge in [0.15, 0.2) is 0 Å². The Kier molecular flexibility index (Phi) is 25.9. The predicted octanol–water partition coefficient (Wildman–Crippen LogP) is 8.29. The number of rotatable bonds is 29. The van der Waals surface area contributed by atoms with Gasteiger partial charge in [0.1, 0.15) is 52.6 Å². The lowest BCUT2D eigenvalue weighted by Gasteiger charge is -2.42. The summed E-state index contributed by atoms with van der Waals surface area (Å²) in [7, 11) is 1.57. The van der Waals surface area contributed by atoms with Gasteiger partial charge in [0.2, 0.25) is 17.7 Å². The van der Waals surface area contributed by atoms with Crippen molar-refractivity contribution in [2.75, 3.05) is 130 Å². The first-order valence-corrected chi connectivity index (χ1v) is 32.7. The number of aromatic nitrogens is 3. The largest absolute Gasteiger partial charge is 0.497 e. The fourth-order valence-electron chi connectivity index (χ4n) is 11.6. The summed E-state index contributed by atoms with van der Waals surface area (Å²) in [6, 6.07) is 21.8. The number of carbonyl (C=O) groups is 6. The lowest BCUT2D eigenvalue weighted by atomic mass is 9.85. The molecule has 2 atom stereocenters. The normalized spacial score (nSPS) is 16.5. The second kappa shape index (κ2) is 33.9. The second-order valence-corrected chi connectivity index (χ2v) is 26.0. The smallest absolute Gasteiger partial charge is 0.411 e. The van der Waals surface area contributed by atoms with Gasteiger partial charge >= 0.3 is 12.2 Å². The topological polar surface area (TPSA) is 261 Å². The summed E-state index contributed by atoms with van der Waals surface area (Å²) in [6.07, 6.45) is 5.11. The fraction of sp³-hybridized carbons (Fsp3) is 0.559. The van der Waals surface area contributed by atoms with Crippen molar-refractivity contribution in [1.82, 2.24) is 50.5 Å². The number of ether oxygens (including phenoxy) is 7. The van der Waals surface area contributed by atoms with E-state index in [2.05, 4.69) is 40.7 Å². The van der Waals surface area contributed by atoms with E-state index in [1.165, 1.54) is 11.2 Å². The number of H-pyrrole nitrogens is 1. The number of piperidine rings is 2. The third-order valence-electron chi connectivity index (χ3n) is 16.5. The van der Waals surface area contributed by atoms with Crippen LogP contribution in [0.5, 0.6) is 11.5 Å². The van der Waals surface area contributed by atoms with Gasteiger partial charge in [-0.1, -0.05) is 35.9 Å². The molecule has 3 aromatic carbocycles. The van der Waals surface area contributed by atoms with Crippen molar-refractivity contribution in [2.45, 2.75) is 122 Å². The van der Waals surface area contributed by atoms with E-state index in [1.807, 2.05) is 60.5 Å². The van der Waals surface area contributed by atoms with Crippen LogP contribution in [-0.2, 0) is 44.6 Å². The van der Waals surface area contributed by atoms with E-state index >= 15 is 0 Å². The second-order valence-electron chi connectivity index (χ2n) is 25.6. The molecule has 3 fully saturated rings. The van der Waals surface area contributed by atoms with Gasteiger partial charge in [-0.3, -0.25) is 29.0 Å². The minimum absolute atomic E-state index is 0.00345. The molecule has 506 valence electrons. The molecule has 2 aromatic heterocycles. The molecule has 0 radical (unpaired) electrons. The minimum Gasteiger partial charge on any atom is -0.497 e. The maximum atomic E-state index is 14.7. The lowest BCUT2D eigenvalue weighted by molar-refractivity contribution is -0.134. The number of carbonyl (C=O) groups excluding carboxylic acids is 6. The van der Waals surface area contributed by atoms with Crippen molar-refractivity contribution in [2.24, 2.45) is 0 Å². The quantitative estimate of drug-likeness (QED) is 0.0328. The van der Waals surface area contributed by atoms with Crippen molar-refractivity contribution in [1.29, 1.82) is 0 Å². The van der Waals surface area contributed by atoms with E-state index in [4.69, 9.17) is 44.8 Å². The Bertz CT molecular complexity index is 3270. The highest BCUT2D eigenvalue weighted by molar-refractivity contribution is 6.30. The summed E-state index contributed by atoms with van der Waals surface area (Å²) < 4.78 is 39.8.